The third-order valence-corrected chi connectivity index (χ3v) is 3.39. The summed E-state index contributed by atoms with van der Waals surface area (Å²) in [6.45, 7) is 3.21. The van der Waals surface area contributed by atoms with Gasteiger partial charge >= 0.3 is 0 Å². The minimum absolute atomic E-state index is 0.156. The van der Waals surface area contributed by atoms with Crippen molar-refractivity contribution in [3.63, 3.8) is 0 Å². The van der Waals surface area contributed by atoms with Gasteiger partial charge in [0.1, 0.15) is 0 Å². The summed E-state index contributed by atoms with van der Waals surface area (Å²) in [7, 11) is 0. The molecule has 0 aliphatic carbocycles. The molecule has 0 spiro atoms. The van der Waals surface area contributed by atoms with Gasteiger partial charge < -0.3 is 15.8 Å². The average molecular weight is 299 g/mol. The van der Waals surface area contributed by atoms with Crippen LogP contribution in [0.15, 0.2) is 22.7 Å². The summed E-state index contributed by atoms with van der Waals surface area (Å²) in [5.74, 6) is -0.156. The van der Waals surface area contributed by atoms with Gasteiger partial charge in [-0.05, 0) is 31.5 Å². The zero-order chi connectivity index (χ0) is 12.5. The molecule has 1 aromatic carbocycles. The molecule has 1 aliphatic rings. The molecule has 3 N–H and O–H groups in total. The molecular weight excluding hydrogens is 284 g/mol. The highest BCUT2D eigenvalue weighted by Crippen LogP contribution is 2.22. The summed E-state index contributed by atoms with van der Waals surface area (Å²) in [6.07, 6.45) is 0.826. The zero-order valence-corrected chi connectivity index (χ0v) is 11.2. The molecule has 17 heavy (non-hydrogen) atoms. The van der Waals surface area contributed by atoms with Crippen LogP contribution in [0.5, 0.6) is 0 Å². The van der Waals surface area contributed by atoms with Gasteiger partial charge in [-0.3, -0.25) is 4.79 Å². The number of carbonyl (C=O) groups is 1. The number of benzene rings is 1. The molecule has 1 fully saturated rings. The van der Waals surface area contributed by atoms with E-state index in [9.17, 15) is 4.79 Å². The van der Waals surface area contributed by atoms with Gasteiger partial charge in [-0.1, -0.05) is 15.9 Å². The minimum Gasteiger partial charge on any atom is -0.398 e. The molecule has 1 aromatic rings. The molecule has 2 rings (SSSR count). The van der Waals surface area contributed by atoms with E-state index in [-0.39, 0.29) is 11.4 Å². The van der Waals surface area contributed by atoms with Crippen molar-refractivity contribution >= 4 is 27.5 Å². The van der Waals surface area contributed by atoms with Gasteiger partial charge in [0.25, 0.3) is 5.91 Å². The van der Waals surface area contributed by atoms with E-state index in [1.165, 1.54) is 0 Å². The number of nitrogens with one attached hydrogen (secondary N) is 1. The highest BCUT2D eigenvalue weighted by Gasteiger charge is 2.31. The first-order valence-corrected chi connectivity index (χ1v) is 6.25. The lowest BCUT2D eigenvalue weighted by Crippen LogP contribution is -2.46. The van der Waals surface area contributed by atoms with Crippen LogP contribution < -0.4 is 11.1 Å². The van der Waals surface area contributed by atoms with Crippen molar-refractivity contribution in [2.75, 3.05) is 18.9 Å². The number of carbonyl (C=O) groups excluding carboxylic acids is 1. The minimum atomic E-state index is -0.286. The Bertz CT molecular complexity index is 442. The maximum absolute atomic E-state index is 12.1. The number of anilines is 1. The van der Waals surface area contributed by atoms with Crippen LogP contribution in [0.2, 0.25) is 0 Å². The van der Waals surface area contributed by atoms with Crippen LogP contribution in [0.4, 0.5) is 5.69 Å². The van der Waals surface area contributed by atoms with Crippen molar-refractivity contribution in [2.24, 2.45) is 0 Å². The topological polar surface area (TPSA) is 64.4 Å². The summed E-state index contributed by atoms with van der Waals surface area (Å²) >= 11 is 3.33. The van der Waals surface area contributed by atoms with E-state index in [0.29, 0.717) is 24.5 Å². The number of hydrogen-bond acceptors (Lipinski definition) is 3. The van der Waals surface area contributed by atoms with Crippen molar-refractivity contribution < 1.29 is 9.53 Å². The second kappa shape index (κ2) is 4.66. The predicted molar refractivity (Wildman–Crippen MR) is 69.9 cm³/mol. The molecule has 1 atom stereocenters. The van der Waals surface area contributed by atoms with Crippen LogP contribution in [0.3, 0.4) is 0 Å². The number of amides is 1. The number of halogens is 1. The molecule has 0 aromatic heterocycles. The molecule has 5 heteroatoms. The molecule has 92 valence electrons. The molecule has 0 saturated carbocycles. The molecule has 1 amide bonds. The zero-order valence-electron chi connectivity index (χ0n) is 9.63. The van der Waals surface area contributed by atoms with Gasteiger partial charge in [0, 0.05) is 16.8 Å². The lowest BCUT2D eigenvalue weighted by molar-refractivity contribution is 0.0890. The fourth-order valence-corrected chi connectivity index (χ4v) is 2.19. The maximum Gasteiger partial charge on any atom is 0.253 e. The fraction of sp³-hybridized carbons (Fsp3) is 0.417. The summed E-state index contributed by atoms with van der Waals surface area (Å²) in [6, 6.07) is 5.25. The van der Waals surface area contributed by atoms with Crippen molar-refractivity contribution in [3.05, 3.63) is 28.2 Å². The van der Waals surface area contributed by atoms with E-state index < -0.39 is 0 Å². The lowest BCUT2D eigenvalue weighted by Gasteiger charge is -2.23. The standard InChI is InChI=1S/C12H15BrN2O2/c1-12(4-5-17-7-12)15-11(16)9-6-8(13)2-3-10(9)14/h2-3,6H,4-5,7,14H2,1H3,(H,15,16). The Labute approximate surface area is 109 Å². The summed E-state index contributed by atoms with van der Waals surface area (Å²) in [4.78, 5) is 12.1. The van der Waals surface area contributed by atoms with E-state index in [0.717, 1.165) is 10.9 Å². The number of rotatable bonds is 2. The molecule has 1 saturated heterocycles. The van der Waals surface area contributed by atoms with Crippen LogP contribution in [-0.4, -0.2) is 24.7 Å². The molecule has 0 bridgehead atoms. The number of hydrogen-bond donors (Lipinski definition) is 2. The Kier molecular flexibility index (Phi) is 3.40. The Morgan fingerprint density at radius 3 is 3.00 bits per heavy atom. The smallest absolute Gasteiger partial charge is 0.253 e. The fourth-order valence-electron chi connectivity index (χ4n) is 1.83. The van der Waals surface area contributed by atoms with E-state index in [4.69, 9.17) is 10.5 Å². The Morgan fingerprint density at radius 2 is 2.35 bits per heavy atom. The van der Waals surface area contributed by atoms with E-state index in [1.807, 2.05) is 13.0 Å². The highest BCUT2D eigenvalue weighted by molar-refractivity contribution is 9.10. The molecule has 1 heterocycles. The van der Waals surface area contributed by atoms with Crippen molar-refractivity contribution in [1.29, 1.82) is 0 Å². The van der Waals surface area contributed by atoms with Crippen LogP contribution >= 0.6 is 15.9 Å². The van der Waals surface area contributed by atoms with Crippen LogP contribution in [0, 0.1) is 0 Å². The van der Waals surface area contributed by atoms with Crippen LogP contribution in [0.25, 0.3) is 0 Å². The van der Waals surface area contributed by atoms with Crippen molar-refractivity contribution in [3.8, 4) is 0 Å². The van der Waals surface area contributed by atoms with E-state index in [2.05, 4.69) is 21.2 Å². The molecule has 1 unspecified atom stereocenters. The second-order valence-electron chi connectivity index (χ2n) is 4.55. The lowest BCUT2D eigenvalue weighted by atomic mass is 10.0. The first kappa shape index (κ1) is 12.4. The molecule has 4 nitrogen and oxygen atoms in total. The quantitative estimate of drug-likeness (QED) is 0.820. The largest absolute Gasteiger partial charge is 0.398 e. The SMILES string of the molecule is CC1(NC(=O)c2cc(Br)ccc2N)CCOC1. The van der Waals surface area contributed by atoms with Crippen LogP contribution in [-0.2, 0) is 4.74 Å². The second-order valence-corrected chi connectivity index (χ2v) is 5.46. The third kappa shape index (κ3) is 2.79. The molecule has 1 aliphatic heterocycles. The van der Waals surface area contributed by atoms with Gasteiger partial charge in [-0.15, -0.1) is 0 Å². The van der Waals surface area contributed by atoms with Crippen LogP contribution in [0.1, 0.15) is 23.7 Å². The van der Waals surface area contributed by atoms with E-state index >= 15 is 0 Å². The van der Waals surface area contributed by atoms with Crippen molar-refractivity contribution in [2.45, 2.75) is 18.9 Å². The summed E-state index contributed by atoms with van der Waals surface area (Å²) in [5, 5.41) is 2.97. The highest BCUT2D eigenvalue weighted by atomic mass is 79.9. The third-order valence-electron chi connectivity index (χ3n) is 2.89. The van der Waals surface area contributed by atoms with Crippen molar-refractivity contribution in [1.82, 2.24) is 5.32 Å². The normalized spacial score (nSPS) is 23.6. The van der Waals surface area contributed by atoms with Gasteiger partial charge in [-0.2, -0.15) is 0 Å². The number of ether oxygens (including phenoxy) is 1. The first-order chi connectivity index (χ1) is 8.00. The Hall–Kier alpha value is -1.07. The summed E-state index contributed by atoms with van der Waals surface area (Å²) in [5.41, 5.74) is 6.48. The Morgan fingerprint density at radius 1 is 1.59 bits per heavy atom. The van der Waals surface area contributed by atoms with Gasteiger partial charge in [0.05, 0.1) is 17.7 Å². The van der Waals surface area contributed by atoms with Gasteiger partial charge in [-0.25, -0.2) is 0 Å². The van der Waals surface area contributed by atoms with Gasteiger partial charge in [0.2, 0.25) is 0 Å². The maximum atomic E-state index is 12.1. The predicted octanol–water partition coefficient (Wildman–Crippen LogP) is 1.94. The van der Waals surface area contributed by atoms with E-state index in [1.54, 1.807) is 12.1 Å². The average Bonchev–Trinajstić information content (AvgIpc) is 2.68. The number of nitrogen functional groups attached to an aromatic ring is 1. The monoisotopic (exact) mass is 298 g/mol. The Balaban J connectivity index is 2.17. The number of nitrogens with two attached hydrogens (primary N) is 1. The van der Waals surface area contributed by atoms with Gasteiger partial charge in [0.15, 0.2) is 0 Å². The summed E-state index contributed by atoms with van der Waals surface area (Å²) < 4.78 is 6.13. The molecule has 0 radical (unpaired) electrons. The molecular formula is C12H15BrN2O2. The first-order valence-electron chi connectivity index (χ1n) is 5.45.